The van der Waals surface area contributed by atoms with Crippen LogP contribution in [0.15, 0.2) is 23.1 Å². The van der Waals surface area contributed by atoms with E-state index in [9.17, 15) is 13.2 Å². The second-order valence-electron chi connectivity index (χ2n) is 4.68. The SMILES string of the molecule is CC(NC(=O)c1ccc(Cl)c(S(=O)(=O)Cl)c1)C1CC1. The second-order valence-corrected chi connectivity index (χ2v) is 7.62. The zero-order chi connectivity index (χ0) is 14.2. The molecule has 1 unspecified atom stereocenters. The number of carbonyl (C=O) groups is 1. The van der Waals surface area contributed by atoms with Crippen molar-refractivity contribution < 1.29 is 13.2 Å². The molecule has 104 valence electrons. The fourth-order valence-corrected chi connectivity index (χ4v) is 3.33. The van der Waals surface area contributed by atoms with Crippen molar-refractivity contribution in [1.82, 2.24) is 5.32 Å². The van der Waals surface area contributed by atoms with Gasteiger partial charge in [-0.05, 0) is 43.9 Å². The average molecular weight is 322 g/mol. The summed E-state index contributed by atoms with van der Waals surface area (Å²) in [4.78, 5) is 11.7. The Balaban J connectivity index is 2.22. The van der Waals surface area contributed by atoms with Crippen molar-refractivity contribution in [3.63, 3.8) is 0 Å². The number of rotatable bonds is 4. The molecule has 1 amide bonds. The molecule has 1 aromatic carbocycles. The van der Waals surface area contributed by atoms with Gasteiger partial charge in [-0.25, -0.2) is 8.42 Å². The van der Waals surface area contributed by atoms with Crippen molar-refractivity contribution in [3.8, 4) is 0 Å². The minimum absolute atomic E-state index is 0.00166. The van der Waals surface area contributed by atoms with Crippen molar-refractivity contribution >= 4 is 37.2 Å². The first kappa shape index (κ1) is 14.6. The first-order valence-electron chi connectivity index (χ1n) is 5.84. The standard InChI is InChI=1S/C12H13Cl2NO3S/c1-7(8-2-3-8)15-12(16)9-4-5-10(13)11(6-9)19(14,17)18/h4-8H,2-3H2,1H3,(H,15,16). The van der Waals surface area contributed by atoms with Crippen LogP contribution in [0, 0.1) is 5.92 Å². The van der Waals surface area contributed by atoms with Crippen LogP contribution in [0.25, 0.3) is 0 Å². The number of halogens is 2. The Morgan fingerprint density at radius 2 is 2.05 bits per heavy atom. The molecule has 1 fully saturated rings. The Labute approximate surface area is 121 Å². The van der Waals surface area contributed by atoms with Gasteiger partial charge in [0.2, 0.25) is 0 Å². The van der Waals surface area contributed by atoms with E-state index in [1.807, 2.05) is 6.92 Å². The fourth-order valence-electron chi connectivity index (χ4n) is 1.84. The molecule has 0 aliphatic heterocycles. The molecule has 1 atom stereocenters. The Morgan fingerprint density at radius 1 is 1.42 bits per heavy atom. The number of hydrogen-bond acceptors (Lipinski definition) is 3. The number of carbonyl (C=O) groups excluding carboxylic acids is 1. The van der Waals surface area contributed by atoms with Crippen LogP contribution in [0.2, 0.25) is 5.02 Å². The fraction of sp³-hybridized carbons (Fsp3) is 0.417. The molecular formula is C12H13Cl2NO3S. The maximum Gasteiger partial charge on any atom is 0.262 e. The largest absolute Gasteiger partial charge is 0.349 e. The Bertz CT molecular complexity index is 611. The van der Waals surface area contributed by atoms with E-state index in [4.69, 9.17) is 22.3 Å². The van der Waals surface area contributed by atoms with E-state index in [2.05, 4.69) is 5.32 Å². The molecular weight excluding hydrogens is 309 g/mol. The summed E-state index contributed by atoms with van der Waals surface area (Å²) in [6, 6.07) is 4.11. The minimum atomic E-state index is -3.96. The second kappa shape index (κ2) is 5.31. The Kier molecular flexibility index (Phi) is 4.08. The summed E-state index contributed by atoms with van der Waals surface area (Å²) in [5, 5.41) is 2.84. The first-order chi connectivity index (χ1) is 8.79. The third-order valence-corrected chi connectivity index (χ3v) is 4.95. The first-order valence-corrected chi connectivity index (χ1v) is 8.53. The highest BCUT2D eigenvalue weighted by molar-refractivity contribution is 8.13. The van der Waals surface area contributed by atoms with Crippen LogP contribution in [0.4, 0.5) is 0 Å². The predicted octanol–water partition coefficient (Wildman–Crippen LogP) is 2.80. The summed E-state index contributed by atoms with van der Waals surface area (Å²) in [5.74, 6) is 0.199. The maximum atomic E-state index is 12.0. The zero-order valence-corrected chi connectivity index (χ0v) is 12.5. The summed E-state index contributed by atoms with van der Waals surface area (Å²) in [6.07, 6.45) is 2.23. The quantitative estimate of drug-likeness (QED) is 0.867. The Hall–Kier alpha value is -0.780. The van der Waals surface area contributed by atoms with E-state index < -0.39 is 9.05 Å². The summed E-state index contributed by atoms with van der Waals surface area (Å²) in [6.45, 7) is 1.94. The molecule has 2 rings (SSSR count). The topological polar surface area (TPSA) is 63.2 Å². The molecule has 1 aliphatic rings. The number of benzene rings is 1. The van der Waals surface area contributed by atoms with Gasteiger partial charge >= 0.3 is 0 Å². The number of nitrogens with one attached hydrogen (secondary N) is 1. The normalized spacial score (nSPS) is 17.0. The van der Waals surface area contributed by atoms with Gasteiger partial charge in [-0.15, -0.1) is 0 Å². The molecule has 0 spiro atoms. The van der Waals surface area contributed by atoms with Crippen LogP contribution in [-0.2, 0) is 9.05 Å². The van der Waals surface area contributed by atoms with Crippen LogP contribution in [-0.4, -0.2) is 20.4 Å². The predicted molar refractivity (Wildman–Crippen MR) is 74.1 cm³/mol. The minimum Gasteiger partial charge on any atom is -0.349 e. The van der Waals surface area contributed by atoms with Crippen molar-refractivity contribution in [3.05, 3.63) is 28.8 Å². The molecule has 0 bridgehead atoms. The number of amides is 1. The summed E-state index contributed by atoms with van der Waals surface area (Å²) < 4.78 is 22.6. The van der Waals surface area contributed by atoms with Gasteiger partial charge in [0, 0.05) is 22.3 Å². The van der Waals surface area contributed by atoms with E-state index in [0.717, 1.165) is 12.8 Å². The van der Waals surface area contributed by atoms with E-state index in [0.29, 0.717) is 5.92 Å². The average Bonchev–Trinajstić information content (AvgIpc) is 3.11. The van der Waals surface area contributed by atoms with Crippen LogP contribution in [0.5, 0.6) is 0 Å². The summed E-state index contributed by atoms with van der Waals surface area (Å²) >= 11 is 5.76. The highest BCUT2D eigenvalue weighted by atomic mass is 35.7. The van der Waals surface area contributed by atoms with Crippen LogP contribution in [0.1, 0.15) is 30.1 Å². The monoisotopic (exact) mass is 321 g/mol. The summed E-state index contributed by atoms with van der Waals surface area (Å²) in [5.41, 5.74) is 0.233. The molecule has 0 aromatic heterocycles. The zero-order valence-electron chi connectivity index (χ0n) is 10.2. The lowest BCUT2D eigenvalue weighted by atomic mass is 10.1. The van der Waals surface area contributed by atoms with Crippen molar-refractivity contribution in [2.75, 3.05) is 0 Å². The third kappa shape index (κ3) is 3.61. The molecule has 0 radical (unpaired) electrons. The Morgan fingerprint density at radius 3 is 2.58 bits per heavy atom. The maximum absolute atomic E-state index is 12.0. The van der Waals surface area contributed by atoms with Crippen LogP contribution >= 0.6 is 22.3 Å². The van der Waals surface area contributed by atoms with Gasteiger partial charge in [-0.1, -0.05) is 11.6 Å². The number of hydrogen-bond donors (Lipinski definition) is 1. The van der Waals surface area contributed by atoms with Gasteiger partial charge in [0.15, 0.2) is 0 Å². The van der Waals surface area contributed by atoms with Crippen LogP contribution < -0.4 is 5.32 Å². The summed E-state index contributed by atoms with van der Waals surface area (Å²) in [7, 11) is 1.30. The van der Waals surface area contributed by atoms with Gasteiger partial charge in [-0.3, -0.25) is 4.79 Å². The van der Waals surface area contributed by atoms with Crippen molar-refractivity contribution in [1.29, 1.82) is 0 Å². The highest BCUT2D eigenvalue weighted by Gasteiger charge is 2.29. The molecule has 0 saturated heterocycles. The third-order valence-electron chi connectivity index (χ3n) is 3.14. The van der Waals surface area contributed by atoms with E-state index in [-0.39, 0.29) is 27.4 Å². The molecule has 7 heteroatoms. The molecule has 19 heavy (non-hydrogen) atoms. The lowest BCUT2D eigenvalue weighted by Crippen LogP contribution is -2.34. The lowest BCUT2D eigenvalue weighted by Gasteiger charge is -2.13. The molecule has 4 nitrogen and oxygen atoms in total. The van der Waals surface area contributed by atoms with Crippen LogP contribution in [0.3, 0.4) is 0 Å². The van der Waals surface area contributed by atoms with E-state index in [1.165, 1.54) is 18.2 Å². The highest BCUT2D eigenvalue weighted by Crippen LogP contribution is 2.32. The van der Waals surface area contributed by atoms with Crippen molar-refractivity contribution in [2.45, 2.75) is 30.7 Å². The van der Waals surface area contributed by atoms with Gasteiger partial charge in [0.05, 0.1) is 5.02 Å². The van der Waals surface area contributed by atoms with Gasteiger partial charge < -0.3 is 5.32 Å². The van der Waals surface area contributed by atoms with Crippen molar-refractivity contribution in [2.24, 2.45) is 5.92 Å². The van der Waals surface area contributed by atoms with E-state index >= 15 is 0 Å². The van der Waals surface area contributed by atoms with Gasteiger partial charge in [0.25, 0.3) is 15.0 Å². The van der Waals surface area contributed by atoms with Gasteiger partial charge in [-0.2, -0.15) is 0 Å². The van der Waals surface area contributed by atoms with E-state index in [1.54, 1.807) is 0 Å². The smallest absolute Gasteiger partial charge is 0.262 e. The molecule has 1 N–H and O–H groups in total. The molecule has 0 heterocycles. The molecule has 1 saturated carbocycles. The molecule has 1 aliphatic carbocycles. The molecule has 1 aromatic rings. The lowest BCUT2D eigenvalue weighted by molar-refractivity contribution is 0.0935. The van der Waals surface area contributed by atoms with Gasteiger partial charge in [0.1, 0.15) is 4.90 Å².